The Morgan fingerprint density at radius 3 is 2.15 bits per heavy atom. The van der Waals surface area contributed by atoms with Gasteiger partial charge in [-0.3, -0.25) is 4.79 Å². The van der Waals surface area contributed by atoms with Crippen molar-refractivity contribution in [3.8, 4) is 0 Å². The predicted molar refractivity (Wildman–Crippen MR) is 72.9 cm³/mol. The number of hydrogen-bond acceptors (Lipinski definition) is 1. The van der Waals surface area contributed by atoms with Crippen LogP contribution in [0.25, 0.3) is 0 Å². The van der Waals surface area contributed by atoms with E-state index in [-0.39, 0.29) is 11.0 Å². The first-order valence-electron chi connectivity index (χ1n) is 6.41. The van der Waals surface area contributed by atoms with Gasteiger partial charge in [0, 0.05) is 5.56 Å². The lowest BCUT2D eigenvalue weighted by Crippen LogP contribution is -2.43. The first-order valence-corrected chi connectivity index (χ1v) is 6.41. The van der Waals surface area contributed by atoms with Crippen molar-refractivity contribution in [2.24, 2.45) is 0 Å². The number of carbonyl (C=O) groups excluding carboxylic acids is 1. The number of halogens is 3. The maximum Gasteiger partial charge on any atom is 0.408 e. The molecule has 1 unspecified atom stereocenters. The maximum absolute atomic E-state index is 12.5. The van der Waals surface area contributed by atoms with E-state index < -0.39 is 18.1 Å². The SMILES string of the molecule is Cc1cc(C(=O)NC(C)C(F)(F)F)cc(C(C)(C)C)c1. The van der Waals surface area contributed by atoms with Crippen LogP contribution in [0.3, 0.4) is 0 Å². The van der Waals surface area contributed by atoms with Gasteiger partial charge in [-0.15, -0.1) is 0 Å². The van der Waals surface area contributed by atoms with E-state index >= 15 is 0 Å². The smallest absolute Gasteiger partial charge is 0.341 e. The van der Waals surface area contributed by atoms with Gasteiger partial charge in [-0.25, -0.2) is 0 Å². The average Bonchev–Trinajstić information content (AvgIpc) is 2.25. The molecule has 112 valence electrons. The third kappa shape index (κ3) is 4.25. The number of alkyl halides is 3. The molecule has 0 aromatic heterocycles. The Morgan fingerprint density at radius 2 is 1.70 bits per heavy atom. The highest BCUT2D eigenvalue weighted by Crippen LogP contribution is 2.25. The summed E-state index contributed by atoms with van der Waals surface area (Å²) in [6.07, 6.45) is -4.44. The third-order valence-corrected chi connectivity index (χ3v) is 3.04. The molecule has 1 amide bonds. The van der Waals surface area contributed by atoms with Gasteiger partial charge in [0.25, 0.3) is 5.91 Å². The summed E-state index contributed by atoms with van der Waals surface area (Å²) in [5.41, 5.74) is 1.85. The zero-order valence-electron chi connectivity index (χ0n) is 12.4. The Morgan fingerprint density at radius 1 is 1.15 bits per heavy atom. The molecule has 0 saturated heterocycles. The van der Waals surface area contributed by atoms with Gasteiger partial charge in [0.2, 0.25) is 0 Å². The largest absolute Gasteiger partial charge is 0.408 e. The Balaban J connectivity index is 3.03. The summed E-state index contributed by atoms with van der Waals surface area (Å²) in [4.78, 5) is 11.9. The summed E-state index contributed by atoms with van der Waals surface area (Å²) in [5.74, 6) is -0.705. The molecule has 1 N–H and O–H groups in total. The second kappa shape index (κ2) is 5.46. The minimum atomic E-state index is -4.44. The van der Waals surface area contributed by atoms with Crippen molar-refractivity contribution in [1.82, 2.24) is 5.32 Å². The number of benzene rings is 1. The molecule has 0 aliphatic carbocycles. The van der Waals surface area contributed by atoms with Crippen molar-refractivity contribution < 1.29 is 18.0 Å². The molecule has 1 atom stereocenters. The topological polar surface area (TPSA) is 29.1 Å². The molecular formula is C15H20F3NO. The molecular weight excluding hydrogens is 267 g/mol. The van der Waals surface area contributed by atoms with Crippen LogP contribution in [-0.4, -0.2) is 18.1 Å². The summed E-state index contributed by atoms with van der Waals surface area (Å²) in [6.45, 7) is 8.71. The van der Waals surface area contributed by atoms with E-state index in [1.807, 2.05) is 39.1 Å². The van der Waals surface area contributed by atoms with Crippen LogP contribution < -0.4 is 5.32 Å². The molecule has 1 aromatic carbocycles. The van der Waals surface area contributed by atoms with Crippen molar-refractivity contribution in [3.63, 3.8) is 0 Å². The van der Waals surface area contributed by atoms with Crippen molar-refractivity contribution in [2.75, 3.05) is 0 Å². The second-order valence-electron chi connectivity index (χ2n) is 6.07. The van der Waals surface area contributed by atoms with Gasteiger partial charge in [0.1, 0.15) is 6.04 Å². The lowest BCUT2D eigenvalue weighted by Gasteiger charge is -2.21. The fourth-order valence-electron chi connectivity index (χ4n) is 1.71. The molecule has 0 saturated carbocycles. The molecule has 2 nitrogen and oxygen atoms in total. The number of amides is 1. The van der Waals surface area contributed by atoms with Gasteiger partial charge in [-0.1, -0.05) is 32.4 Å². The summed E-state index contributed by atoms with van der Waals surface area (Å²) in [7, 11) is 0. The Hall–Kier alpha value is -1.52. The standard InChI is InChI=1S/C15H20F3NO/c1-9-6-11(8-12(7-9)14(3,4)5)13(20)19-10(2)15(16,17)18/h6-8,10H,1-5H3,(H,19,20). The minimum Gasteiger partial charge on any atom is -0.341 e. The Labute approximate surface area is 117 Å². The van der Waals surface area contributed by atoms with Crippen LogP contribution in [0.2, 0.25) is 0 Å². The van der Waals surface area contributed by atoms with Crippen LogP contribution in [0.1, 0.15) is 49.2 Å². The summed E-state index contributed by atoms with van der Waals surface area (Å²) >= 11 is 0. The highest BCUT2D eigenvalue weighted by atomic mass is 19.4. The molecule has 0 heterocycles. The van der Waals surface area contributed by atoms with Crippen LogP contribution in [0.15, 0.2) is 18.2 Å². The first kappa shape index (κ1) is 16.5. The monoisotopic (exact) mass is 287 g/mol. The van der Waals surface area contributed by atoms with Gasteiger partial charge >= 0.3 is 6.18 Å². The van der Waals surface area contributed by atoms with Crippen LogP contribution in [0.5, 0.6) is 0 Å². The van der Waals surface area contributed by atoms with E-state index in [2.05, 4.69) is 0 Å². The third-order valence-electron chi connectivity index (χ3n) is 3.04. The van der Waals surface area contributed by atoms with Crippen molar-refractivity contribution in [3.05, 3.63) is 34.9 Å². The lowest BCUT2D eigenvalue weighted by molar-refractivity contribution is -0.149. The number of rotatable bonds is 2. The molecule has 0 fully saturated rings. The molecule has 0 aliphatic heterocycles. The van der Waals surface area contributed by atoms with E-state index in [9.17, 15) is 18.0 Å². The highest BCUT2D eigenvalue weighted by molar-refractivity contribution is 5.94. The summed E-state index contributed by atoms with van der Waals surface area (Å²) in [5, 5.41) is 1.98. The minimum absolute atomic E-state index is 0.170. The highest BCUT2D eigenvalue weighted by Gasteiger charge is 2.37. The number of carbonyl (C=O) groups is 1. The van der Waals surface area contributed by atoms with Gasteiger partial charge in [-0.2, -0.15) is 13.2 Å². The van der Waals surface area contributed by atoms with Gasteiger partial charge in [0.15, 0.2) is 0 Å². The number of nitrogens with one attached hydrogen (secondary N) is 1. The molecule has 20 heavy (non-hydrogen) atoms. The van der Waals surface area contributed by atoms with Crippen molar-refractivity contribution in [2.45, 2.75) is 52.3 Å². The molecule has 0 spiro atoms. The zero-order valence-corrected chi connectivity index (χ0v) is 12.4. The molecule has 1 aromatic rings. The predicted octanol–water partition coefficient (Wildman–Crippen LogP) is 3.97. The number of aryl methyl sites for hydroxylation is 1. The van der Waals surface area contributed by atoms with E-state index in [1.165, 1.54) is 0 Å². The van der Waals surface area contributed by atoms with Crippen molar-refractivity contribution >= 4 is 5.91 Å². The van der Waals surface area contributed by atoms with Gasteiger partial charge in [-0.05, 0) is 37.0 Å². The molecule has 0 bridgehead atoms. The van der Waals surface area contributed by atoms with E-state index in [0.29, 0.717) is 0 Å². The van der Waals surface area contributed by atoms with E-state index in [1.54, 1.807) is 12.1 Å². The van der Waals surface area contributed by atoms with Crippen LogP contribution in [-0.2, 0) is 5.41 Å². The van der Waals surface area contributed by atoms with Crippen molar-refractivity contribution in [1.29, 1.82) is 0 Å². The van der Waals surface area contributed by atoms with Crippen LogP contribution in [0.4, 0.5) is 13.2 Å². The fourth-order valence-corrected chi connectivity index (χ4v) is 1.71. The lowest BCUT2D eigenvalue weighted by atomic mass is 9.85. The quantitative estimate of drug-likeness (QED) is 0.876. The Bertz CT molecular complexity index is 501. The fraction of sp³-hybridized carbons (Fsp3) is 0.533. The summed E-state index contributed by atoms with van der Waals surface area (Å²) in [6, 6.07) is 3.30. The van der Waals surface area contributed by atoms with E-state index in [0.717, 1.165) is 18.1 Å². The zero-order chi connectivity index (χ0) is 15.7. The Kier molecular flexibility index (Phi) is 4.52. The van der Waals surface area contributed by atoms with Crippen LogP contribution in [0, 0.1) is 6.92 Å². The number of hydrogen-bond donors (Lipinski definition) is 1. The normalized spacial score (nSPS) is 14.0. The first-order chi connectivity index (χ1) is 8.91. The van der Waals surface area contributed by atoms with Gasteiger partial charge < -0.3 is 5.32 Å². The molecule has 5 heteroatoms. The van der Waals surface area contributed by atoms with Gasteiger partial charge in [0.05, 0.1) is 0 Å². The average molecular weight is 287 g/mol. The van der Waals surface area contributed by atoms with Crippen LogP contribution >= 0.6 is 0 Å². The molecule has 0 aliphatic rings. The molecule has 1 rings (SSSR count). The molecule has 0 radical (unpaired) electrons. The maximum atomic E-state index is 12.5. The second-order valence-corrected chi connectivity index (χ2v) is 6.07. The van der Waals surface area contributed by atoms with E-state index in [4.69, 9.17) is 0 Å². The summed E-state index contributed by atoms with van der Waals surface area (Å²) < 4.78 is 37.4.